The van der Waals surface area contributed by atoms with Crippen molar-refractivity contribution < 1.29 is 76.7 Å². The number of hydrogen-bond acceptors (Lipinski definition) is 1. The van der Waals surface area contributed by atoms with Crippen LogP contribution in [0.15, 0.2) is 66.7 Å². The molecule has 1 unspecified atom stereocenters. The normalized spacial score (nSPS) is 10.0. The van der Waals surface area contributed by atoms with Crippen molar-refractivity contribution in [1.29, 1.82) is 0 Å². The molecule has 1 nitrogen and oxygen atoms in total. The molecule has 0 aliphatic carbocycles. The van der Waals surface area contributed by atoms with E-state index in [2.05, 4.69) is 55.5 Å². The molecule has 0 aliphatic heterocycles. The quantitative estimate of drug-likeness (QED) is 0.588. The molecule has 3 rings (SSSR count). The van der Waals surface area contributed by atoms with Gasteiger partial charge in [-0.3, -0.25) is 4.98 Å². The monoisotopic (exact) mass is 414 g/mol. The summed E-state index contributed by atoms with van der Waals surface area (Å²) in [6.07, 6.45) is 0. The third kappa shape index (κ3) is 6.94. The van der Waals surface area contributed by atoms with Crippen molar-refractivity contribution in [3.05, 3.63) is 85.4 Å². The van der Waals surface area contributed by atoms with E-state index in [0.717, 1.165) is 11.2 Å². The van der Waals surface area contributed by atoms with E-state index in [1.54, 1.807) is 0 Å². The van der Waals surface area contributed by atoms with Crippen molar-refractivity contribution in [2.45, 2.75) is 26.7 Å². The standard InChI is InChI=1S/C17H15N.C2H6.CH3.Rb.V/c1-13(14-7-3-2-4-8-14)16-12-11-15-9-5-6-10-17(15)18-16;1-2;;;/h2-13H,1H3;1-2H3;1H3;;/q;;-1;+1;. The predicted molar refractivity (Wildman–Crippen MR) is 93.5 cm³/mol. The predicted octanol–water partition coefficient (Wildman–Crippen LogP) is 2.86. The van der Waals surface area contributed by atoms with Crippen LogP contribution in [0.1, 0.15) is 37.9 Å². The van der Waals surface area contributed by atoms with E-state index in [1.807, 2.05) is 32.0 Å². The van der Waals surface area contributed by atoms with E-state index in [9.17, 15) is 0 Å². The molecule has 0 spiro atoms. The van der Waals surface area contributed by atoms with E-state index < -0.39 is 0 Å². The zero-order chi connectivity index (χ0) is 14.4. The Hall–Kier alpha value is 0.240. The first kappa shape index (κ1) is 25.5. The minimum atomic E-state index is 0. The van der Waals surface area contributed by atoms with Crippen LogP contribution in [0.3, 0.4) is 0 Å². The molecule has 0 N–H and O–H groups in total. The second kappa shape index (κ2) is 13.5. The van der Waals surface area contributed by atoms with E-state index in [4.69, 9.17) is 4.98 Å². The molecule has 0 fully saturated rings. The van der Waals surface area contributed by atoms with Gasteiger partial charge in [-0.1, -0.05) is 75.4 Å². The summed E-state index contributed by atoms with van der Waals surface area (Å²) in [4.78, 5) is 4.75. The first-order valence-corrected chi connectivity index (χ1v) is 7.25. The smallest absolute Gasteiger partial charge is 0.358 e. The van der Waals surface area contributed by atoms with Gasteiger partial charge in [-0.05, 0) is 17.7 Å². The zero-order valence-electron chi connectivity index (χ0n) is 14.8. The van der Waals surface area contributed by atoms with Crippen LogP contribution < -0.4 is 58.2 Å². The topological polar surface area (TPSA) is 12.9 Å². The molecule has 3 heteroatoms. The van der Waals surface area contributed by atoms with E-state index in [1.165, 1.54) is 10.9 Å². The summed E-state index contributed by atoms with van der Waals surface area (Å²) in [5.74, 6) is 0.329. The van der Waals surface area contributed by atoms with Gasteiger partial charge in [0.2, 0.25) is 0 Å². The maximum absolute atomic E-state index is 4.75. The number of hydrogen-bond donors (Lipinski definition) is 0. The van der Waals surface area contributed by atoms with Crippen LogP contribution in [0.4, 0.5) is 0 Å². The molecule has 23 heavy (non-hydrogen) atoms. The van der Waals surface area contributed by atoms with E-state index in [0.29, 0.717) is 5.92 Å². The maximum Gasteiger partial charge on any atom is 1.00 e. The summed E-state index contributed by atoms with van der Waals surface area (Å²) in [5.41, 5.74) is 3.50. The van der Waals surface area contributed by atoms with E-state index >= 15 is 0 Å². The summed E-state index contributed by atoms with van der Waals surface area (Å²) in [6, 6.07) is 23.0. The van der Waals surface area contributed by atoms with Gasteiger partial charge in [0.25, 0.3) is 0 Å². The molecule has 2 aromatic carbocycles. The van der Waals surface area contributed by atoms with Crippen LogP contribution in [-0.2, 0) is 18.6 Å². The molecule has 0 saturated heterocycles. The molecular formula is C20H24NRbV. The molecule has 115 valence electrons. The Labute approximate surface area is 202 Å². The number of fused-ring (bicyclic) bond motifs is 1. The van der Waals surface area contributed by atoms with Crippen molar-refractivity contribution in [2.75, 3.05) is 0 Å². The van der Waals surface area contributed by atoms with Crippen molar-refractivity contribution in [3.8, 4) is 0 Å². The second-order valence-electron chi connectivity index (χ2n) is 4.56. The molecular weight excluding hydrogens is 391 g/mol. The number of rotatable bonds is 2. The van der Waals surface area contributed by atoms with Gasteiger partial charge in [0.1, 0.15) is 0 Å². The Morgan fingerprint density at radius 3 is 2.00 bits per heavy atom. The molecule has 0 bridgehead atoms. The first-order chi connectivity index (χ1) is 9.84. The first-order valence-electron chi connectivity index (χ1n) is 7.25. The Kier molecular flexibility index (Phi) is 15.0. The SMILES string of the molecule is CC.CC(c1ccccc1)c1ccc2ccccc2n1.[CH3-].[Rb+].[V]. The van der Waals surface area contributed by atoms with Gasteiger partial charge < -0.3 is 7.43 Å². The number of para-hydroxylation sites is 1. The van der Waals surface area contributed by atoms with Crippen molar-refractivity contribution in [3.63, 3.8) is 0 Å². The number of benzene rings is 2. The van der Waals surface area contributed by atoms with Gasteiger partial charge in [0, 0.05) is 35.6 Å². The van der Waals surface area contributed by atoms with Crippen LogP contribution in [0.2, 0.25) is 0 Å². The molecule has 1 radical (unpaired) electrons. The molecule has 0 amide bonds. The average molecular weight is 415 g/mol. The number of nitrogens with zero attached hydrogens (tertiary/aromatic N) is 1. The molecule has 0 aliphatic rings. The maximum atomic E-state index is 4.75. The van der Waals surface area contributed by atoms with Crippen molar-refractivity contribution in [2.24, 2.45) is 0 Å². The third-order valence-corrected chi connectivity index (χ3v) is 3.36. The third-order valence-electron chi connectivity index (χ3n) is 3.36. The second-order valence-corrected chi connectivity index (χ2v) is 4.56. The van der Waals surface area contributed by atoms with Gasteiger partial charge in [-0.25, -0.2) is 0 Å². The van der Waals surface area contributed by atoms with Gasteiger partial charge in [0.15, 0.2) is 0 Å². The molecule has 1 heterocycles. The number of aromatic nitrogens is 1. The largest absolute Gasteiger partial charge is 1.00 e. The van der Waals surface area contributed by atoms with Gasteiger partial charge in [-0.15, -0.1) is 0 Å². The van der Waals surface area contributed by atoms with Gasteiger partial charge in [0.05, 0.1) is 5.52 Å². The molecule has 1 atom stereocenters. The van der Waals surface area contributed by atoms with Crippen LogP contribution >= 0.6 is 0 Å². The fourth-order valence-electron chi connectivity index (χ4n) is 2.24. The Balaban J connectivity index is 0. The van der Waals surface area contributed by atoms with Gasteiger partial charge >= 0.3 is 58.2 Å². The number of pyridine rings is 1. The fourth-order valence-corrected chi connectivity index (χ4v) is 2.24. The summed E-state index contributed by atoms with van der Waals surface area (Å²) in [6.45, 7) is 6.20. The minimum Gasteiger partial charge on any atom is -0.358 e. The summed E-state index contributed by atoms with van der Waals surface area (Å²) < 4.78 is 0. The Bertz CT molecular complexity index is 671. The van der Waals surface area contributed by atoms with Crippen molar-refractivity contribution >= 4 is 10.9 Å². The van der Waals surface area contributed by atoms with Crippen molar-refractivity contribution in [1.82, 2.24) is 4.98 Å². The van der Waals surface area contributed by atoms with Crippen LogP contribution in [-0.4, -0.2) is 4.98 Å². The van der Waals surface area contributed by atoms with E-state index in [-0.39, 0.29) is 84.2 Å². The van der Waals surface area contributed by atoms with Crippen LogP contribution in [0.5, 0.6) is 0 Å². The molecule has 3 aromatic rings. The van der Waals surface area contributed by atoms with Crippen LogP contribution in [0, 0.1) is 7.43 Å². The molecule has 0 saturated carbocycles. The minimum absolute atomic E-state index is 0. The van der Waals surface area contributed by atoms with Crippen LogP contribution in [0.25, 0.3) is 10.9 Å². The van der Waals surface area contributed by atoms with Gasteiger partial charge in [-0.2, -0.15) is 0 Å². The average Bonchev–Trinajstić information content (AvgIpc) is 2.56. The Morgan fingerprint density at radius 1 is 0.783 bits per heavy atom. The zero-order valence-corrected chi connectivity index (χ0v) is 21.1. The summed E-state index contributed by atoms with van der Waals surface area (Å²) >= 11 is 0. The molecule has 1 aromatic heterocycles. The Morgan fingerprint density at radius 2 is 1.35 bits per heavy atom. The summed E-state index contributed by atoms with van der Waals surface area (Å²) in [7, 11) is 0. The summed E-state index contributed by atoms with van der Waals surface area (Å²) in [5, 5.41) is 1.20. The fraction of sp³-hybridized carbons (Fsp3) is 0.200.